The van der Waals surface area contributed by atoms with Crippen LogP contribution in [0.25, 0.3) is 33.7 Å². The number of phenolic OH excluding ortho intramolecular Hbond substituents is 2. The molecule has 2 N–H and O–H groups in total. The Hall–Kier alpha value is -3.80. The van der Waals surface area contributed by atoms with E-state index in [9.17, 15) is 19.8 Å². The molecule has 0 bridgehead atoms. The third-order valence-electron chi connectivity index (χ3n) is 7.23. The summed E-state index contributed by atoms with van der Waals surface area (Å²) < 4.78 is 0. The third-order valence-corrected chi connectivity index (χ3v) is 7.23. The fourth-order valence-electron chi connectivity index (χ4n) is 5.14. The Kier molecular flexibility index (Phi) is 6.94. The molecule has 6 nitrogen and oxygen atoms in total. The van der Waals surface area contributed by atoms with Gasteiger partial charge in [-0.25, -0.2) is 0 Å². The van der Waals surface area contributed by atoms with Gasteiger partial charge < -0.3 is 20.0 Å². The number of fused-ring (bicyclic) bond motifs is 2. The molecule has 5 rings (SSSR count). The number of amides is 2. The van der Waals surface area contributed by atoms with Gasteiger partial charge in [-0.2, -0.15) is 0 Å². The number of phenols is 2. The van der Waals surface area contributed by atoms with Crippen molar-refractivity contribution in [2.45, 2.75) is 38.5 Å². The molecule has 0 unspecified atom stereocenters. The van der Waals surface area contributed by atoms with Crippen molar-refractivity contribution in [2.24, 2.45) is 0 Å². The molecular formula is C30H32N2O4. The van der Waals surface area contributed by atoms with Gasteiger partial charge in [0.1, 0.15) is 11.5 Å². The van der Waals surface area contributed by atoms with Crippen molar-refractivity contribution in [1.82, 2.24) is 9.80 Å². The summed E-state index contributed by atoms with van der Waals surface area (Å²) in [7, 11) is 0. The highest BCUT2D eigenvalue weighted by atomic mass is 16.3. The van der Waals surface area contributed by atoms with Crippen molar-refractivity contribution >= 4 is 45.5 Å². The number of nitrogens with zero attached hydrogens (tertiary/aromatic N) is 2. The summed E-state index contributed by atoms with van der Waals surface area (Å²) >= 11 is 0. The normalized spacial score (nSPS) is 17.0. The van der Waals surface area contributed by atoms with Crippen molar-refractivity contribution in [2.75, 3.05) is 26.2 Å². The first-order valence-electron chi connectivity index (χ1n) is 12.9. The summed E-state index contributed by atoms with van der Waals surface area (Å²) in [6.07, 6.45) is 12.9. The van der Waals surface area contributed by atoms with Crippen molar-refractivity contribution in [3.8, 4) is 11.5 Å². The standard InChI is InChI=1S/C30H32N2O4/c33-27-19-25-18-24-16-22(8-10-30(36)32-13-5-2-6-14-32)28(34)20-26(24)17-23(25)15-21(27)7-9-29(35)31-11-3-1-4-12-31/h7-10,15-20,33-34H,1-6,11-14H2/b9-7+,10-8+. The summed E-state index contributed by atoms with van der Waals surface area (Å²) in [5, 5.41) is 24.7. The molecule has 2 aliphatic heterocycles. The predicted molar refractivity (Wildman–Crippen MR) is 144 cm³/mol. The van der Waals surface area contributed by atoms with Gasteiger partial charge in [-0.15, -0.1) is 0 Å². The monoisotopic (exact) mass is 484 g/mol. The molecule has 2 fully saturated rings. The van der Waals surface area contributed by atoms with Gasteiger partial charge in [0.25, 0.3) is 0 Å². The van der Waals surface area contributed by atoms with Gasteiger partial charge in [0.05, 0.1) is 0 Å². The minimum absolute atomic E-state index is 0.0306. The van der Waals surface area contributed by atoms with Crippen LogP contribution in [0.1, 0.15) is 49.7 Å². The fraction of sp³-hybridized carbons (Fsp3) is 0.333. The first-order valence-corrected chi connectivity index (χ1v) is 12.9. The number of likely N-dealkylation sites (tertiary alicyclic amines) is 2. The maximum atomic E-state index is 12.5. The zero-order valence-corrected chi connectivity index (χ0v) is 20.4. The first kappa shape index (κ1) is 23.9. The topological polar surface area (TPSA) is 81.1 Å². The van der Waals surface area contributed by atoms with E-state index in [1.807, 2.05) is 34.1 Å². The Morgan fingerprint density at radius 2 is 0.917 bits per heavy atom. The lowest BCUT2D eigenvalue weighted by molar-refractivity contribution is -0.127. The Morgan fingerprint density at radius 3 is 1.31 bits per heavy atom. The third kappa shape index (κ3) is 5.23. The van der Waals surface area contributed by atoms with E-state index in [0.29, 0.717) is 11.1 Å². The van der Waals surface area contributed by atoms with Crippen LogP contribution in [0.2, 0.25) is 0 Å². The minimum atomic E-state index is -0.0306. The number of carbonyl (C=O) groups excluding carboxylic acids is 2. The largest absolute Gasteiger partial charge is 0.507 e. The number of carbonyl (C=O) groups is 2. The molecule has 6 heteroatoms. The van der Waals surface area contributed by atoms with Crippen LogP contribution in [0.3, 0.4) is 0 Å². The van der Waals surface area contributed by atoms with Crippen LogP contribution in [0, 0.1) is 0 Å². The van der Waals surface area contributed by atoms with Crippen LogP contribution < -0.4 is 0 Å². The lowest BCUT2D eigenvalue weighted by atomic mass is 9.98. The van der Waals surface area contributed by atoms with Crippen LogP contribution in [-0.2, 0) is 9.59 Å². The fourth-order valence-corrected chi connectivity index (χ4v) is 5.14. The van der Waals surface area contributed by atoms with Crippen LogP contribution in [-0.4, -0.2) is 58.0 Å². The zero-order valence-electron chi connectivity index (χ0n) is 20.4. The molecule has 0 atom stereocenters. The quantitative estimate of drug-likeness (QED) is 0.381. The molecule has 36 heavy (non-hydrogen) atoms. The number of hydrogen-bond acceptors (Lipinski definition) is 4. The van der Waals surface area contributed by atoms with Crippen LogP contribution in [0.4, 0.5) is 0 Å². The number of hydrogen-bond donors (Lipinski definition) is 2. The maximum Gasteiger partial charge on any atom is 0.246 e. The highest BCUT2D eigenvalue weighted by molar-refractivity contribution is 6.02. The van der Waals surface area contributed by atoms with E-state index >= 15 is 0 Å². The highest BCUT2D eigenvalue weighted by Crippen LogP contribution is 2.33. The number of aromatic hydroxyl groups is 2. The van der Waals surface area contributed by atoms with E-state index in [1.165, 1.54) is 12.2 Å². The number of piperidine rings is 2. The molecule has 0 aliphatic carbocycles. The van der Waals surface area contributed by atoms with Gasteiger partial charge in [-0.1, -0.05) is 0 Å². The van der Waals surface area contributed by atoms with Gasteiger partial charge in [-0.05, 0) is 109 Å². The molecule has 2 aliphatic rings. The second-order valence-corrected chi connectivity index (χ2v) is 9.81. The smallest absolute Gasteiger partial charge is 0.246 e. The number of rotatable bonds is 4. The van der Waals surface area contributed by atoms with Gasteiger partial charge in [0.2, 0.25) is 11.8 Å². The molecule has 186 valence electrons. The van der Waals surface area contributed by atoms with Crippen molar-refractivity contribution in [1.29, 1.82) is 0 Å². The molecule has 3 aromatic carbocycles. The van der Waals surface area contributed by atoms with Crippen LogP contribution in [0.5, 0.6) is 11.5 Å². The van der Waals surface area contributed by atoms with Gasteiger partial charge in [-0.3, -0.25) is 9.59 Å². The van der Waals surface area contributed by atoms with Crippen LogP contribution >= 0.6 is 0 Å². The number of benzene rings is 3. The second-order valence-electron chi connectivity index (χ2n) is 9.81. The van der Waals surface area contributed by atoms with E-state index in [0.717, 1.165) is 86.2 Å². The van der Waals surface area contributed by atoms with E-state index in [4.69, 9.17) is 0 Å². The van der Waals surface area contributed by atoms with Gasteiger partial charge in [0, 0.05) is 49.5 Å². The van der Waals surface area contributed by atoms with Gasteiger partial charge in [0.15, 0.2) is 0 Å². The summed E-state index contributed by atoms with van der Waals surface area (Å²) in [6, 6.07) is 11.0. The van der Waals surface area contributed by atoms with Crippen molar-refractivity contribution in [3.63, 3.8) is 0 Å². The van der Waals surface area contributed by atoms with Crippen molar-refractivity contribution in [3.05, 3.63) is 59.7 Å². The Morgan fingerprint density at radius 1 is 0.556 bits per heavy atom. The molecule has 0 radical (unpaired) electrons. The zero-order chi connectivity index (χ0) is 25.1. The molecular weight excluding hydrogens is 452 g/mol. The minimum Gasteiger partial charge on any atom is -0.507 e. The van der Waals surface area contributed by atoms with Crippen LogP contribution in [0.15, 0.2) is 48.6 Å². The lowest BCUT2D eigenvalue weighted by Crippen LogP contribution is -2.34. The summed E-state index contributed by atoms with van der Waals surface area (Å²) in [6.45, 7) is 3.13. The molecule has 0 saturated carbocycles. The molecule has 2 heterocycles. The Labute approximate surface area is 211 Å². The molecule has 2 saturated heterocycles. The SMILES string of the molecule is O=C(/C=C/c1cc2cc3cc(O)c(/C=C/C(=O)N4CCCCC4)cc3cc2cc1O)N1CCCCC1. The van der Waals surface area contributed by atoms with E-state index in [2.05, 4.69) is 0 Å². The van der Waals surface area contributed by atoms with Crippen molar-refractivity contribution < 1.29 is 19.8 Å². The van der Waals surface area contributed by atoms with E-state index < -0.39 is 0 Å². The van der Waals surface area contributed by atoms with Gasteiger partial charge >= 0.3 is 0 Å². The summed E-state index contributed by atoms with van der Waals surface area (Å²) in [4.78, 5) is 28.6. The molecule has 0 spiro atoms. The summed E-state index contributed by atoms with van der Waals surface area (Å²) in [5.41, 5.74) is 1.15. The molecule has 2 amide bonds. The lowest BCUT2D eigenvalue weighted by Gasteiger charge is -2.25. The highest BCUT2D eigenvalue weighted by Gasteiger charge is 2.15. The molecule has 3 aromatic rings. The maximum absolute atomic E-state index is 12.5. The first-order chi connectivity index (χ1) is 17.5. The average molecular weight is 485 g/mol. The van der Waals surface area contributed by atoms with E-state index in [-0.39, 0.29) is 23.3 Å². The summed E-state index contributed by atoms with van der Waals surface area (Å²) in [5.74, 6) is 0.153. The van der Waals surface area contributed by atoms with E-state index in [1.54, 1.807) is 24.3 Å². The average Bonchev–Trinajstić information content (AvgIpc) is 2.90. The predicted octanol–water partition coefficient (Wildman–Crippen LogP) is 5.46. The Bertz CT molecular complexity index is 1260. The Balaban J connectivity index is 1.40. The molecule has 0 aromatic heterocycles. The second kappa shape index (κ2) is 10.4.